The number of aliphatic hydroxyl groups excluding tert-OH is 2. The normalized spacial score (nSPS) is 31.6. The molecule has 1 aliphatic heterocycles. The van der Waals surface area contributed by atoms with Crippen molar-refractivity contribution in [2.45, 2.75) is 29.9 Å². The third-order valence-corrected chi connectivity index (χ3v) is 5.17. The van der Waals surface area contributed by atoms with Crippen molar-refractivity contribution in [2.24, 2.45) is 5.73 Å². The molecule has 0 aromatic carbocycles. The van der Waals surface area contributed by atoms with Crippen molar-refractivity contribution in [3.63, 3.8) is 0 Å². The first-order valence-electron chi connectivity index (χ1n) is 5.06. The minimum Gasteiger partial charge on any atom is -0.480 e. The minimum absolute atomic E-state index is 0.0426. The highest BCUT2D eigenvalue weighted by molar-refractivity contribution is 8.03. The summed E-state index contributed by atoms with van der Waals surface area (Å²) in [6.45, 7) is 0. The molecule has 0 aliphatic carbocycles. The Hall–Kier alpha value is 0.0500. The maximum absolute atomic E-state index is 10.4. The summed E-state index contributed by atoms with van der Waals surface area (Å²) >= 11 is 3.12. The van der Waals surface area contributed by atoms with Crippen LogP contribution in [0.2, 0.25) is 0 Å². The maximum atomic E-state index is 10.4. The van der Waals surface area contributed by atoms with Gasteiger partial charge in [0, 0.05) is 16.8 Å². The third-order valence-electron chi connectivity index (χ3n) is 2.43. The number of nitrogens with two attached hydrogens (primary N) is 1. The van der Waals surface area contributed by atoms with Crippen molar-refractivity contribution < 1.29 is 20.1 Å². The fourth-order valence-electron chi connectivity index (χ4n) is 1.35. The number of carboxylic acid groups (broad SMARTS) is 1. The van der Waals surface area contributed by atoms with Gasteiger partial charge in [-0.3, -0.25) is 4.79 Å². The van der Waals surface area contributed by atoms with Crippen LogP contribution in [0.3, 0.4) is 0 Å². The monoisotopic (exact) mass is 267 g/mol. The van der Waals surface area contributed by atoms with E-state index in [1.165, 1.54) is 0 Å². The van der Waals surface area contributed by atoms with Gasteiger partial charge in [0.15, 0.2) is 0 Å². The Morgan fingerprint density at radius 2 is 2.25 bits per heavy atom. The molecule has 4 atom stereocenters. The molecule has 0 saturated carbocycles. The van der Waals surface area contributed by atoms with Gasteiger partial charge in [-0.15, -0.1) is 0 Å². The first-order valence-corrected chi connectivity index (χ1v) is 7.26. The number of carboxylic acids is 1. The van der Waals surface area contributed by atoms with Gasteiger partial charge in [-0.25, -0.2) is 0 Å². The van der Waals surface area contributed by atoms with Crippen molar-refractivity contribution in [3.05, 3.63) is 0 Å². The van der Waals surface area contributed by atoms with Crippen molar-refractivity contribution in [1.29, 1.82) is 0 Å². The molecule has 1 rings (SSSR count). The van der Waals surface area contributed by atoms with E-state index in [2.05, 4.69) is 0 Å². The number of aliphatic hydroxyl groups is 2. The summed E-state index contributed by atoms with van der Waals surface area (Å²) in [5.41, 5.74) is 5.35. The molecule has 0 radical (unpaired) electrons. The van der Waals surface area contributed by atoms with E-state index in [0.29, 0.717) is 17.9 Å². The predicted molar refractivity (Wildman–Crippen MR) is 65.8 cm³/mol. The topological polar surface area (TPSA) is 104 Å². The van der Waals surface area contributed by atoms with E-state index in [-0.39, 0.29) is 5.25 Å². The smallest absolute Gasteiger partial charge is 0.320 e. The van der Waals surface area contributed by atoms with Crippen molar-refractivity contribution in [3.8, 4) is 0 Å². The quantitative estimate of drug-likeness (QED) is 0.474. The van der Waals surface area contributed by atoms with Gasteiger partial charge in [0.2, 0.25) is 0 Å². The lowest BCUT2D eigenvalue weighted by atomic mass is 10.2. The number of rotatable bonds is 6. The zero-order valence-electron chi connectivity index (χ0n) is 8.78. The molecule has 5 N–H and O–H groups in total. The maximum Gasteiger partial charge on any atom is 0.320 e. The molecule has 16 heavy (non-hydrogen) atoms. The van der Waals surface area contributed by atoms with Crippen molar-refractivity contribution >= 4 is 29.5 Å². The van der Waals surface area contributed by atoms with Crippen LogP contribution in [0.25, 0.3) is 0 Å². The summed E-state index contributed by atoms with van der Waals surface area (Å²) in [5.74, 6) is 0.968. The zero-order chi connectivity index (χ0) is 12.1. The van der Waals surface area contributed by atoms with Gasteiger partial charge in [0.1, 0.15) is 6.04 Å². The first-order chi connectivity index (χ1) is 7.52. The summed E-state index contributed by atoms with van der Waals surface area (Å²) in [6.07, 6.45) is -0.863. The molecule has 1 fully saturated rings. The van der Waals surface area contributed by atoms with Crippen LogP contribution >= 0.6 is 23.5 Å². The van der Waals surface area contributed by atoms with E-state index in [4.69, 9.17) is 10.8 Å². The zero-order valence-corrected chi connectivity index (χ0v) is 10.4. The second-order valence-corrected chi connectivity index (χ2v) is 6.16. The average Bonchev–Trinajstić information content (AvgIpc) is 2.55. The third kappa shape index (κ3) is 4.14. The van der Waals surface area contributed by atoms with Gasteiger partial charge in [-0.2, -0.15) is 23.5 Å². The molecule has 0 amide bonds. The van der Waals surface area contributed by atoms with Crippen LogP contribution in [0.5, 0.6) is 0 Å². The second kappa shape index (κ2) is 6.70. The molecule has 0 aromatic heterocycles. The molecule has 1 saturated heterocycles. The van der Waals surface area contributed by atoms with Crippen LogP contribution in [-0.4, -0.2) is 62.0 Å². The summed E-state index contributed by atoms with van der Waals surface area (Å²) in [5, 5.41) is 27.5. The van der Waals surface area contributed by atoms with Crippen molar-refractivity contribution in [2.75, 3.05) is 17.3 Å². The van der Waals surface area contributed by atoms with E-state index in [1.807, 2.05) is 0 Å². The summed E-state index contributed by atoms with van der Waals surface area (Å²) in [6, 6.07) is -0.806. The number of hydrogen-bond donors (Lipinski definition) is 4. The highest BCUT2D eigenvalue weighted by atomic mass is 32.2. The molecular formula is C9H17NO4S2. The summed E-state index contributed by atoms with van der Waals surface area (Å²) in [4.78, 5) is 10.4. The number of hydrogen-bond acceptors (Lipinski definition) is 6. The van der Waals surface area contributed by atoms with Gasteiger partial charge in [-0.05, 0) is 12.2 Å². The Bertz CT molecular complexity index is 242. The van der Waals surface area contributed by atoms with E-state index in [1.54, 1.807) is 23.5 Å². The molecule has 1 heterocycles. The molecule has 1 unspecified atom stereocenters. The standard InChI is InChI=1S/C9H17NO4S2/c10-5(9(13)14)1-2-15-4-7-8(12)6(11)3-16-7/h5-8,11-12H,1-4,10H2,(H,13,14)/t5?,6-,7+,8-/m0/s1. The van der Waals surface area contributed by atoms with Gasteiger partial charge >= 0.3 is 5.97 Å². The summed E-state index contributed by atoms with van der Waals surface area (Å²) in [7, 11) is 0. The Kier molecular flexibility index (Phi) is 5.91. The Balaban J connectivity index is 2.10. The molecular weight excluding hydrogens is 250 g/mol. The van der Waals surface area contributed by atoms with Crippen LogP contribution in [-0.2, 0) is 4.79 Å². The largest absolute Gasteiger partial charge is 0.480 e. The minimum atomic E-state index is -0.980. The lowest BCUT2D eigenvalue weighted by molar-refractivity contribution is -0.138. The van der Waals surface area contributed by atoms with Gasteiger partial charge in [0.25, 0.3) is 0 Å². The SMILES string of the molecule is NC(CCSC[C@H]1SC[C@H](O)[C@@H]1O)C(=O)O. The Labute approximate surface area is 103 Å². The first kappa shape index (κ1) is 14.1. The predicted octanol–water partition coefficient (Wildman–Crippen LogP) is -0.641. The second-order valence-electron chi connectivity index (χ2n) is 3.74. The lowest BCUT2D eigenvalue weighted by Crippen LogP contribution is -2.31. The number of aliphatic carboxylic acids is 1. The molecule has 0 spiro atoms. The molecule has 1 aliphatic rings. The molecule has 5 nitrogen and oxygen atoms in total. The number of carbonyl (C=O) groups is 1. The van der Waals surface area contributed by atoms with Gasteiger partial charge < -0.3 is 21.1 Å². The van der Waals surface area contributed by atoms with E-state index in [9.17, 15) is 15.0 Å². The van der Waals surface area contributed by atoms with Gasteiger partial charge in [-0.1, -0.05) is 0 Å². The van der Waals surface area contributed by atoms with E-state index >= 15 is 0 Å². The van der Waals surface area contributed by atoms with Crippen molar-refractivity contribution in [1.82, 2.24) is 0 Å². The molecule has 7 heteroatoms. The summed E-state index contributed by atoms with van der Waals surface area (Å²) < 4.78 is 0. The highest BCUT2D eigenvalue weighted by Gasteiger charge is 2.33. The van der Waals surface area contributed by atoms with Crippen LogP contribution in [0.15, 0.2) is 0 Å². The molecule has 0 bridgehead atoms. The van der Waals surface area contributed by atoms with Crippen LogP contribution < -0.4 is 5.73 Å². The van der Waals surface area contributed by atoms with Crippen LogP contribution in [0.4, 0.5) is 0 Å². The van der Waals surface area contributed by atoms with Crippen LogP contribution in [0.1, 0.15) is 6.42 Å². The number of thioether (sulfide) groups is 2. The average molecular weight is 267 g/mol. The molecule has 94 valence electrons. The Morgan fingerprint density at radius 3 is 2.75 bits per heavy atom. The fraction of sp³-hybridized carbons (Fsp3) is 0.889. The molecule has 0 aromatic rings. The van der Waals surface area contributed by atoms with Gasteiger partial charge in [0.05, 0.1) is 12.2 Å². The fourth-order valence-corrected chi connectivity index (χ4v) is 4.06. The van der Waals surface area contributed by atoms with E-state index in [0.717, 1.165) is 5.75 Å². The highest BCUT2D eigenvalue weighted by Crippen LogP contribution is 2.30. The van der Waals surface area contributed by atoms with Crippen LogP contribution in [0, 0.1) is 0 Å². The Morgan fingerprint density at radius 1 is 1.56 bits per heavy atom. The van der Waals surface area contributed by atoms with E-state index < -0.39 is 24.2 Å². The lowest BCUT2D eigenvalue weighted by Gasteiger charge is -2.15.